The van der Waals surface area contributed by atoms with E-state index in [9.17, 15) is 0 Å². The van der Waals surface area contributed by atoms with Gasteiger partial charge in [0.1, 0.15) is 0 Å². The van der Waals surface area contributed by atoms with E-state index in [0.717, 1.165) is 24.4 Å². The van der Waals surface area contributed by atoms with Crippen LogP contribution in [0, 0.1) is 24.2 Å². The lowest BCUT2D eigenvalue weighted by Gasteiger charge is -2.46. The molecule has 2 fully saturated rings. The van der Waals surface area contributed by atoms with Crippen molar-refractivity contribution in [1.82, 2.24) is 5.32 Å². The minimum atomic E-state index is 0.756. The Bertz CT molecular complexity index is 188. The lowest BCUT2D eigenvalue weighted by atomic mass is 9.64. The molecular weight excluding hydrogens is 146 g/mol. The van der Waals surface area contributed by atoms with Gasteiger partial charge in [-0.05, 0) is 24.7 Å². The van der Waals surface area contributed by atoms with Crippen LogP contribution in [0.3, 0.4) is 0 Å². The highest BCUT2D eigenvalue weighted by Gasteiger charge is 2.38. The molecule has 1 nitrogen and oxygen atoms in total. The van der Waals surface area contributed by atoms with Crippen molar-refractivity contribution in [3.63, 3.8) is 0 Å². The lowest BCUT2D eigenvalue weighted by Crippen LogP contribution is -2.48. The quantitative estimate of drug-likeness (QED) is 0.625. The third-order valence-corrected chi connectivity index (χ3v) is 3.55. The second kappa shape index (κ2) is 3.49. The minimum Gasteiger partial charge on any atom is -0.303 e. The van der Waals surface area contributed by atoms with Crippen LogP contribution in [0.15, 0.2) is 0 Å². The van der Waals surface area contributed by atoms with Crippen LogP contribution in [0.1, 0.15) is 32.1 Å². The minimum absolute atomic E-state index is 0.756. The van der Waals surface area contributed by atoms with Crippen molar-refractivity contribution >= 4 is 0 Å². The fourth-order valence-electron chi connectivity index (χ4n) is 2.40. The van der Waals surface area contributed by atoms with E-state index in [-0.39, 0.29) is 0 Å². The van der Waals surface area contributed by atoms with E-state index in [1.807, 2.05) is 0 Å². The van der Waals surface area contributed by atoms with Gasteiger partial charge in [0.2, 0.25) is 0 Å². The first-order chi connectivity index (χ1) is 5.92. The van der Waals surface area contributed by atoms with Crippen molar-refractivity contribution in [1.29, 1.82) is 0 Å². The largest absolute Gasteiger partial charge is 0.303 e. The monoisotopic (exact) mass is 163 g/mol. The Morgan fingerprint density at radius 3 is 2.50 bits per heavy atom. The molecule has 2 rings (SSSR count). The summed E-state index contributed by atoms with van der Waals surface area (Å²) in [6.07, 6.45) is 12.4. The van der Waals surface area contributed by atoms with Crippen LogP contribution in [0.25, 0.3) is 0 Å². The van der Waals surface area contributed by atoms with E-state index in [0.29, 0.717) is 0 Å². The number of hydrogen-bond donors (Lipinski definition) is 1. The van der Waals surface area contributed by atoms with Crippen LogP contribution in [0.4, 0.5) is 0 Å². The fraction of sp³-hybridized carbons (Fsp3) is 0.818. The molecule has 2 aliphatic rings. The summed E-state index contributed by atoms with van der Waals surface area (Å²) in [5.41, 5.74) is 0. The molecule has 0 aromatic heterocycles. The molecule has 66 valence electrons. The Balaban J connectivity index is 1.73. The first-order valence-electron chi connectivity index (χ1n) is 5.08. The molecule has 1 heteroatoms. The molecule has 0 radical (unpaired) electrons. The summed E-state index contributed by atoms with van der Waals surface area (Å²) in [6, 6.07) is 0.756. The standard InChI is InChI=1S/C11H17N/c1-2-8-12-11-7-6-10(11)9-4-3-5-9/h1,9-12H,3-8H2. The average molecular weight is 163 g/mol. The highest BCUT2D eigenvalue weighted by Crippen LogP contribution is 2.43. The van der Waals surface area contributed by atoms with Gasteiger partial charge in [0.15, 0.2) is 0 Å². The molecule has 2 saturated carbocycles. The van der Waals surface area contributed by atoms with Crippen molar-refractivity contribution in [2.24, 2.45) is 11.8 Å². The van der Waals surface area contributed by atoms with Crippen LogP contribution < -0.4 is 5.32 Å². The normalized spacial score (nSPS) is 34.9. The Kier molecular flexibility index (Phi) is 2.37. The Morgan fingerprint density at radius 2 is 2.08 bits per heavy atom. The van der Waals surface area contributed by atoms with Crippen LogP contribution in [-0.4, -0.2) is 12.6 Å². The van der Waals surface area contributed by atoms with Gasteiger partial charge in [0.25, 0.3) is 0 Å². The van der Waals surface area contributed by atoms with Crippen LogP contribution in [-0.2, 0) is 0 Å². The second-order valence-corrected chi connectivity index (χ2v) is 4.12. The van der Waals surface area contributed by atoms with Gasteiger partial charge in [-0.3, -0.25) is 0 Å². The summed E-state index contributed by atoms with van der Waals surface area (Å²) in [4.78, 5) is 0. The molecule has 1 N–H and O–H groups in total. The Labute approximate surface area is 74.9 Å². The summed E-state index contributed by atoms with van der Waals surface area (Å²) >= 11 is 0. The zero-order valence-electron chi connectivity index (χ0n) is 7.55. The molecule has 2 atom stereocenters. The third kappa shape index (κ3) is 1.36. The summed E-state index contributed by atoms with van der Waals surface area (Å²) < 4.78 is 0. The SMILES string of the molecule is C#CCNC1CCC1C1CCC1. The first kappa shape index (κ1) is 8.13. The summed E-state index contributed by atoms with van der Waals surface area (Å²) in [6.45, 7) is 0.758. The topological polar surface area (TPSA) is 12.0 Å². The fourth-order valence-corrected chi connectivity index (χ4v) is 2.40. The zero-order valence-corrected chi connectivity index (χ0v) is 7.55. The molecule has 0 saturated heterocycles. The maximum absolute atomic E-state index is 5.21. The van der Waals surface area contributed by atoms with E-state index in [1.54, 1.807) is 0 Å². The van der Waals surface area contributed by atoms with Gasteiger partial charge < -0.3 is 5.32 Å². The van der Waals surface area contributed by atoms with E-state index in [2.05, 4.69) is 11.2 Å². The lowest BCUT2D eigenvalue weighted by molar-refractivity contribution is 0.0848. The number of hydrogen-bond acceptors (Lipinski definition) is 1. The molecule has 0 spiro atoms. The van der Waals surface area contributed by atoms with E-state index >= 15 is 0 Å². The molecule has 12 heavy (non-hydrogen) atoms. The first-order valence-corrected chi connectivity index (χ1v) is 5.08. The van der Waals surface area contributed by atoms with Crippen LogP contribution in [0.2, 0.25) is 0 Å². The number of nitrogens with one attached hydrogen (secondary N) is 1. The third-order valence-electron chi connectivity index (χ3n) is 3.55. The van der Waals surface area contributed by atoms with Gasteiger partial charge in [-0.25, -0.2) is 0 Å². The van der Waals surface area contributed by atoms with Gasteiger partial charge in [0.05, 0.1) is 6.54 Å². The summed E-state index contributed by atoms with van der Waals surface area (Å²) in [5.74, 6) is 4.65. The zero-order chi connectivity index (χ0) is 8.39. The van der Waals surface area contributed by atoms with Gasteiger partial charge >= 0.3 is 0 Å². The van der Waals surface area contributed by atoms with Crippen molar-refractivity contribution in [2.45, 2.75) is 38.1 Å². The molecule has 0 heterocycles. The van der Waals surface area contributed by atoms with Crippen LogP contribution in [0.5, 0.6) is 0 Å². The molecule has 0 bridgehead atoms. The number of rotatable bonds is 3. The van der Waals surface area contributed by atoms with Crippen LogP contribution >= 0.6 is 0 Å². The Hall–Kier alpha value is -0.480. The van der Waals surface area contributed by atoms with Crippen molar-refractivity contribution < 1.29 is 0 Å². The molecule has 2 aliphatic carbocycles. The second-order valence-electron chi connectivity index (χ2n) is 4.12. The average Bonchev–Trinajstić information content (AvgIpc) is 1.95. The molecular formula is C11H17N. The highest BCUT2D eigenvalue weighted by molar-refractivity contribution is 4.97. The van der Waals surface area contributed by atoms with E-state index < -0.39 is 0 Å². The van der Waals surface area contributed by atoms with Gasteiger partial charge in [-0.2, -0.15) is 0 Å². The smallest absolute Gasteiger partial charge is 0.0576 e. The number of terminal acetylenes is 1. The highest BCUT2D eigenvalue weighted by atomic mass is 14.9. The molecule has 0 aliphatic heterocycles. The molecule has 0 aromatic carbocycles. The predicted octanol–water partition coefficient (Wildman–Crippen LogP) is 1.79. The van der Waals surface area contributed by atoms with Gasteiger partial charge in [-0.15, -0.1) is 6.42 Å². The summed E-state index contributed by atoms with van der Waals surface area (Å²) in [7, 11) is 0. The molecule has 0 amide bonds. The maximum atomic E-state index is 5.21. The van der Waals surface area contributed by atoms with E-state index in [1.165, 1.54) is 32.1 Å². The van der Waals surface area contributed by atoms with Crippen molar-refractivity contribution in [3.8, 4) is 12.3 Å². The predicted molar refractivity (Wildman–Crippen MR) is 50.7 cm³/mol. The van der Waals surface area contributed by atoms with E-state index in [4.69, 9.17) is 6.42 Å². The van der Waals surface area contributed by atoms with Gasteiger partial charge in [-0.1, -0.05) is 25.2 Å². The van der Waals surface area contributed by atoms with Gasteiger partial charge in [0, 0.05) is 6.04 Å². The molecule has 0 aromatic rings. The summed E-state index contributed by atoms with van der Waals surface area (Å²) in [5, 5.41) is 3.43. The van der Waals surface area contributed by atoms with Crippen molar-refractivity contribution in [3.05, 3.63) is 0 Å². The molecule has 2 unspecified atom stereocenters. The maximum Gasteiger partial charge on any atom is 0.0576 e. The van der Waals surface area contributed by atoms with Crippen molar-refractivity contribution in [2.75, 3.05) is 6.54 Å². The Morgan fingerprint density at radius 1 is 1.25 bits per heavy atom.